The second-order valence-electron chi connectivity index (χ2n) is 5.84. The minimum atomic E-state index is -0.471. The SMILES string of the molecule is CC(C)C(C#N)C(=O)N1CCC(C)(C)CC1. The zero-order valence-corrected chi connectivity index (χ0v) is 10.8. The van der Waals surface area contributed by atoms with Gasteiger partial charge in [0.05, 0.1) is 6.07 Å². The summed E-state index contributed by atoms with van der Waals surface area (Å²) in [6, 6.07) is 2.13. The number of nitriles is 1. The Hall–Kier alpha value is -1.04. The maximum atomic E-state index is 12.1. The van der Waals surface area contributed by atoms with Crippen LogP contribution in [0.1, 0.15) is 40.5 Å². The van der Waals surface area contributed by atoms with Crippen LogP contribution in [0, 0.1) is 28.6 Å². The number of carbonyl (C=O) groups is 1. The summed E-state index contributed by atoms with van der Waals surface area (Å²) in [6.07, 6.45) is 2.07. The summed E-state index contributed by atoms with van der Waals surface area (Å²) in [5.41, 5.74) is 0.344. The highest BCUT2D eigenvalue weighted by Gasteiger charge is 2.32. The predicted molar refractivity (Wildman–Crippen MR) is 63.5 cm³/mol. The van der Waals surface area contributed by atoms with Crippen molar-refractivity contribution in [3.05, 3.63) is 0 Å². The Kier molecular flexibility index (Phi) is 3.96. The molecule has 1 saturated heterocycles. The van der Waals surface area contributed by atoms with E-state index in [4.69, 9.17) is 5.26 Å². The molecule has 0 bridgehead atoms. The van der Waals surface area contributed by atoms with Gasteiger partial charge in [0.25, 0.3) is 0 Å². The predicted octanol–water partition coefficient (Wildman–Crippen LogP) is 2.43. The number of piperidine rings is 1. The van der Waals surface area contributed by atoms with Crippen LogP contribution < -0.4 is 0 Å². The second-order valence-corrected chi connectivity index (χ2v) is 5.84. The highest BCUT2D eigenvalue weighted by molar-refractivity contribution is 5.81. The molecule has 0 saturated carbocycles. The summed E-state index contributed by atoms with van der Waals surface area (Å²) >= 11 is 0. The van der Waals surface area contributed by atoms with Crippen molar-refractivity contribution < 1.29 is 4.79 Å². The highest BCUT2D eigenvalue weighted by Crippen LogP contribution is 2.30. The first-order valence-electron chi connectivity index (χ1n) is 6.06. The third-order valence-corrected chi connectivity index (χ3v) is 3.50. The number of carbonyl (C=O) groups excluding carboxylic acids is 1. The number of amides is 1. The molecule has 1 rings (SSSR count). The molecule has 0 aromatic carbocycles. The summed E-state index contributed by atoms with van der Waals surface area (Å²) in [4.78, 5) is 13.9. The molecule has 1 aliphatic rings. The molecule has 3 nitrogen and oxygen atoms in total. The first-order chi connectivity index (χ1) is 7.37. The molecule has 90 valence electrons. The fraction of sp³-hybridized carbons (Fsp3) is 0.846. The van der Waals surface area contributed by atoms with Crippen molar-refractivity contribution in [1.29, 1.82) is 5.26 Å². The van der Waals surface area contributed by atoms with Crippen LogP contribution in [0.2, 0.25) is 0 Å². The van der Waals surface area contributed by atoms with Crippen LogP contribution in [0.25, 0.3) is 0 Å². The lowest BCUT2D eigenvalue weighted by Gasteiger charge is -2.38. The fourth-order valence-corrected chi connectivity index (χ4v) is 2.02. The largest absolute Gasteiger partial charge is 0.342 e. The van der Waals surface area contributed by atoms with Crippen LogP contribution in [0.15, 0.2) is 0 Å². The van der Waals surface area contributed by atoms with Gasteiger partial charge in [0.15, 0.2) is 0 Å². The maximum Gasteiger partial charge on any atom is 0.240 e. The third kappa shape index (κ3) is 2.98. The maximum absolute atomic E-state index is 12.1. The van der Waals surface area contributed by atoms with Crippen LogP contribution in [0.3, 0.4) is 0 Å². The smallest absolute Gasteiger partial charge is 0.240 e. The molecule has 0 radical (unpaired) electrons. The Morgan fingerprint density at radius 3 is 2.19 bits per heavy atom. The van der Waals surface area contributed by atoms with Crippen molar-refractivity contribution in [2.75, 3.05) is 13.1 Å². The lowest BCUT2D eigenvalue weighted by Crippen LogP contribution is -2.44. The molecule has 0 aliphatic carbocycles. The molecule has 1 fully saturated rings. The third-order valence-electron chi connectivity index (χ3n) is 3.50. The van der Waals surface area contributed by atoms with Gasteiger partial charge in [0.1, 0.15) is 5.92 Å². The van der Waals surface area contributed by atoms with Crippen molar-refractivity contribution in [2.45, 2.75) is 40.5 Å². The van der Waals surface area contributed by atoms with E-state index in [2.05, 4.69) is 19.9 Å². The van der Waals surface area contributed by atoms with Crippen molar-refractivity contribution in [2.24, 2.45) is 17.3 Å². The Balaban J connectivity index is 2.60. The molecule has 0 spiro atoms. The van der Waals surface area contributed by atoms with E-state index in [-0.39, 0.29) is 11.8 Å². The monoisotopic (exact) mass is 222 g/mol. The van der Waals surface area contributed by atoms with Gasteiger partial charge in [-0.05, 0) is 24.2 Å². The minimum absolute atomic E-state index is 0.0213. The van der Waals surface area contributed by atoms with Crippen LogP contribution in [0.4, 0.5) is 0 Å². The molecule has 1 atom stereocenters. The number of rotatable bonds is 2. The lowest BCUT2D eigenvalue weighted by molar-refractivity contribution is -0.136. The zero-order chi connectivity index (χ0) is 12.3. The quantitative estimate of drug-likeness (QED) is 0.720. The van der Waals surface area contributed by atoms with Gasteiger partial charge in [-0.15, -0.1) is 0 Å². The summed E-state index contributed by atoms with van der Waals surface area (Å²) in [6.45, 7) is 9.94. The van der Waals surface area contributed by atoms with E-state index in [0.29, 0.717) is 5.41 Å². The van der Waals surface area contributed by atoms with E-state index in [1.165, 1.54) is 0 Å². The number of likely N-dealkylation sites (tertiary alicyclic amines) is 1. The molecular weight excluding hydrogens is 200 g/mol. The Morgan fingerprint density at radius 2 is 1.81 bits per heavy atom. The van der Waals surface area contributed by atoms with Gasteiger partial charge >= 0.3 is 0 Å². The van der Waals surface area contributed by atoms with Crippen LogP contribution in [-0.2, 0) is 4.79 Å². The molecule has 1 unspecified atom stereocenters. The van der Waals surface area contributed by atoms with E-state index in [9.17, 15) is 4.79 Å². The fourth-order valence-electron chi connectivity index (χ4n) is 2.02. The minimum Gasteiger partial charge on any atom is -0.342 e. The summed E-state index contributed by atoms with van der Waals surface area (Å²) in [7, 11) is 0. The van der Waals surface area contributed by atoms with Gasteiger partial charge in [-0.2, -0.15) is 5.26 Å². The standard InChI is InChI=1S/C13H22N2O/c1-10(2)11(9-14)12(16)15-7-5-13(3,4)6-8-15/h10-11H,5-8H2,1-4H3. The van der Waals surface area contributed by atoms with E-state index < -0.39 is 5.92 Å². The van der Waals surface area contributed by atoms with Gasteiger partial charge in [-0.25, -0.2) is 0 Å². The molecule has 0 aromatic rings. The zero-order valence-electron chi connectivity index (χ0n) is 10.8. The first kappa shape index (κ1) is 13.0. The number of hydrogen-bond donors (Lipinski definition) is 0. The van der Waals surface area contributed by atoms with E-state index >= 15 is 0 Å². The number of nitrogens with zero attached hydrogens (tertiary/aromatic N) is 2. The molecule has 0 aromatic heterocycles. The molecule has 3 heteroatoms. The summed E-state index contributed by atoms with van der Waals surface area (Å²) in [5.74, 6) is -0.346. The Bertz CT molecular complexity index is 292. The number of hydrogen-bond acceptors (Lipinski definition) is 2. The molecule has 1 amide bonds. The van der Waals surface area contributed by atoms with Crippen molar-refractivity contribution >= 4 is 5.91 Å². The van der Waals surface area contributed by atoms with Gasteiger partial charge in [-0.3, -0.25) is 4.79 Å². The van der Waals surface area contributed by atoms with Gasteiger partial charge in [-0.1, -0.05) is 27.7 Å². The first-order valence-corrected chi connectivity index (χ1v) is 6.06. The lowest BCUT2D eigenvalue weighted by atomic mass is 9.82. The van der Waals surface area contributed by atoms with Crippen LogP contribution in [0.5, 0.6) is 0 Å². The van der Waals surface area contributed by atoms with Crippen LogP contribution in [-0.4, -0.2) is 23.9 Å². The average Bonchev–Trinajstić information content (AvgIpc) is 2.17. The normalized spacial score (nSPS) is 21.6. The van der Waals surface area contributed by atoms with E-state index in [1.54, 1.807) is 0 Å². The van der Waals surface area contributed by atoms with Crippen molar-refractivity contribution in [1.82, 2.24) is 4.90 Å². The topological polar surface area (TPSA) is 44.1 Å². The average molecular weight is 222 g/mol. The van der Waals surface area contributed by atoms with Gasteiger partial charge in [0, 0.05) is 13.1 Å². The van der Waals surface area contributed by atoms with Crippen LogP contribution >= 0.6 is 0 Å². The van der Waals surface area contributed by atoms with E-state index in [0.717, 1.165) is 25.9 Å². The molecule has 1 heterocycles. The summed E-state index contributed by atoms with van der Waals surface area (Å²) < 4.78 is 0. The van der Waals surface area contributed by atoms with Gasteiger partial charge < -0.3 is 4.90 Å². The van der Waals surface area contributed by atoms with Crippen molar-refractivity contribution in [3.63, 3.8) is 0 Å². The molecular formula is C13H22N2O. The molecule has 1 aliphatic heterocycles. The second kappa shape index (κ2) is 4.86. The Morgan fingerprint density at radius 1 is 1.31 bits per heavy atom. The Labute approximate surface area is 98.4 Å². The van der Waals surface area contributed by atoms with E-state index in [1.807, 2.05) is 18.7 Å². The molecule has 0 N–H and O–H groups in total. The highest BCUT2D eigenvalue weighted by atomic mass is 16.2. The summed E-state index contributed by atoms with van der Waals surface area (Å²) in [5, 5.41) is 9.00. The van der Waals surface area contributed by atoms with Crippen molar-refractivity contribution in [3.8, 4) is 6.07 Å². The van der Waals surface area contributed by atoms with Gasteiger partial charge in [0.2, 0.25) is 5.91 Å². The molecule has 16 heavy (non-hydrogen) atoms.